The van der Waals surface area contributed by atoms with Crippen molar-refractivity contribution in [3.63, 3.8) is 0 Å². The highest BCUT2D eigenvalue weighted by molar-refractivity contribution is 7.99. The minimum absolute atomic E-state index is 0.149. The van der Waals surface area contributed by atoms with Crippen LogP contribution in [0.5, 0.6) is 0 Å². The highest BCUT2D eigenvalue weighted by atomic mass is 32.2. The summed E-state index contributed by atoms with van der Waals surface area (Å²) in [4.78, 5) is 39.4. The van der Waals surface area contributed by atoms with E-state index in [9.17, 15) is 18.8 Å². The van der Waals surface area contributed by atoms with E-state index in [0.29, 0.717) is 11.3 Å². The van der Waals surface area contributed by atoms with Crippen molar-refractivity contribution < 1.29 is 18.8 Å². The lowest BCUT2D eigenvalue weighted by Crippen LogP contribution is -2.52. The molecule has 29 heavy (non-hydrogen) atoms. The van der Waals surface area contributed by atoms with Gasteiger partial charge in [-0.3, -0.25) is 14.4 Å². The maximum absolute atomic E-state index is 12.9. The Morgan fingerprint density at radius 2 is 1.93 bits per heavy atom. The van der Waals surface area contributed by atoms with Crippen molar-refractivity contribution in [1.82, 2.24) is 15.5 Å². The fourth-order valence-corrected chi connectivity index (χ4v) is 5.03. The van der Waals surface area contributed by atoms with Gasteiger partial charge in [-0.05, 0) is 36.2 Å². The first-order valence-electron chi connectivity index (χ1n) is 9.31. The van der Waals surface area contributed by atoms with Crippen LogP contribution in [0.25, 0.3) is 0 Å². The van der Waals surface area contributed by atoms with Gasteiger partial charge in [0.25, 0.3) is 5.91 Å². The van der Waals surface area contributed by atoms with E-state index in [1.807, 2.05) is 18.2 Å². The Balaban J connectivity index is 1.35. The van der Waals surface area contributed by atoms with Crippen molar-refractivity contribution in [2.24, 2.45) is 0 Å². The molecule has 0 radical (unpaired) electrons. The summed E-state index contributed by atoms with van der Waals surface area (Å²) in [6, 6.07) is 11.8. The maximum atomic E-state index is 12.9. The van der Waals surface area contributed by atoms with Crippen LogP contribution in [-0.4, -0.2) is 40.5 Å². The zero-order valence-corrected chi connectivity index (χ0v) is 16.5. The van der Waals surface area contributed by atoms with Gasteiger partial charge in [0, 0.05) is 17.9 Å². The van der Waals surface area contributed by atoms with Gasteiger partial charge in [-0.15, -0.1) is 11.8 Å². The predicted molar refractivity (Wildman–Crippen MR) is 107 cm³/mol. The first kappa shape index (κ1) is 19.4. The van der Waals surface area contributed by atoms with Gasteiger partial charge in [-0.25, -0.2) is 4.39 Å². The van der Waals surface area contributed by atoms with Crippen LogP contribution in [0.4, 0.5) is 4.39 Å². The van der Waals surface area contributed by atoms with E-state index in [4.69, 9.17) is 0 Å². The van der Waals surface area contributed by atoms with Crippen LogP contribution >= 0.6 is 11.8 Å². The van der Waals surface area contributed by atoms with Crippen molar-refractivity contribution in [3.05, 3.63) is 71.0 Å². The quantitative estimate of drug-likeness (QED) is 0.788. The monoisotopic (exact) mass is 413 g/mol. The molecular formula is C21H20FN3O3S. The molecule has 3 amide bonds. The number of thioether (sulfide) groups is 1. The van der Waals surface area contributed by atoms with Gasteiger partial charge in [-0.2, -0.15) is 0 Å². The van der Waals surface area contributed by atoms with Crippen molar-refractivity contribution in [2.75, 3.05) is 5.75 Å². The highest BCUT2D eigenvalue weighted by Gasteiger charge is 2.48. The molecule has 0 bridgehead atoms. The van der Waals surface area contributed by atoms with E-state index in [2.05, 4.69) is 10.6 Å². The van der Waals surface area contributed by atoms with Crippen molar-refractivity contribution in [2.45, 2.75) is 30.9 Å². The van der Waals surface area contributed by atoms with Crippen LogP contribution in [0.2, 0.25) is 0 Å². The SMILES string of the molecule is CC(NC(=O)C1CSC2c3ccccc3C(=O)N12)C(=O)NCc1ccc(F)cc1. The van der Waals surface area contributed by atoms with E-state index < -0.39 is 12.1 Å². The molecular weight excluding hydrogens is 393 g/mol. The summed E-state index contributed by atoms with van der Waals surface area (Å²) in [6.45, 7) is 1.83. The third-order valence-corrected chi connectivity index (χ3v) is 6.43. The third-order valence-electron chi connectivity index (χ3n) is 5.13. The first-order chi connectivity index (χ1) is 14.0. The number of rotatable bonds is 5. The minimum Gasteiger partial charge on any atom is -0.350 e. The Morgan fingerprint density at radius 3 is 2.69 bits per heavy atom. The third kappa shape index (κ3) is 3.72. The van der Waals surface area contributed by atoms with E-state index in [1.165, 1.54) is 12.1 Å². The zero-order valence-electron chi connectivity index (χ0n) is 15.7. The molecule has 2 aromatic carbocycles. The summed E-state index contributed by atoms with van der Waals surface area (Å²) in [5.74, 6) is -0.691. The molecule has 3 unspecified atom stereocenters. The number of halogens is 1. The number of hydrogen-bond acceptors (Lipinski definition) is 4. The second kappa shape index (κ2) is 7.87. The zero-order chi connectivity index (χ0) is 20.5. The van der Waals surface area contributed by atoms with Gasteiger partial charge in [0.05, 0.1) is 0 Å². The van der Waals surface area contributed by atoms with Gasteiger partial charge in [-0.1, -0.05) is 30.3 Å². The van der Waals surface area contributed by atoms with Crippen molar-refractivity contribution >= 4 is 29.5 Å². The molecule has 2 aliphatic heterocycles. The molecule has 2 N–H and O–H groups in total. The smallest absolute Gasteiger partial charge is 0.256 e. The summed E-state index contributed by atoms with van der Waals surface area (Å²) in [5, 5.41) is 5.27. The van der Waals surface area contributed by atoms with Crippen LogP contribution in [0, 0.1) is 5.82 Å². The average molecular weight is 413 g/mol. The van der Waals surface area contributed by atoms with Gasteiger partial charge < -0.3 is 15.5 Å². The second-order valence-electron chi connectivity index (χ2n) is 7.08. The van der Waals surface area contributed by atoms with E-state index in [-0.39, 0.29) is 35.5 Å². The number of carbonyl (C=O) groups excluding carboxylic acids is 3. The summed E-state index contributed by atoms with van der Waals surface area (Å²) < 4.78 is 12.9. The van der Waals surface area contributed by atoms with Crippen molar-refractivity contribution in [1.29, 1.82) is 0 Å². The van der Waals surface area contributed by atoms with Crippen LogP contribution in [0.1, 0.15) is 33.8 Å². The van der Waals surface area contributed by atoms with Crippen LogP contribution < -0.4 is 10.6 Å². The highest BCUT2D eigenvalue weighted by Crippen LogP contribution is 2.48. The number of nitrogens with zero attached hydrogens (tertiary/aromatic N) is 1. The number of benzene rings is 2. The lowest BCUT2D eigenvalue weighted by Gasteiger charge is -2.24. The fraction of sp³-hybridized carbons (Fsp3) is 0.286. The minimum atomic E-state index is -0.757. The largest absolute Gasteiger partial charge is 0.350 e. The Morgan fingerprint density at radius 1 is 1.21 bits per heavy atom. The van der Waals surface area contributed by atoms with Crippen LogP contribution in [0.3, 0.4) is 0 Å². The Bertz CT molecular complexity index is 966. The molecule has 2 aliphatic rings. The molecule has 3 atom stereocenters. The number of fused-ring (bicyclic) bond motifs is 3. The van der Waals surface area contributed by atoms with Gasteiger partial charge in [0.1, 0.15) is 23.3 Å². The average Bonchev–Trinajstić information content (AvgIpc) is 3.28. The maximum Gasteiger partial charge on any atom is 0.256 e. The number of amides is 3. The topological polar surface area (TPSA) is 78.5 Å². The fourth-order valence-electron chi connectivity index (χ4n) is 3.56. The predicted octanol–water partition coefficient (Wildman–Crippen LogP) is 2.22. The normalized spacial score (nSPS) is 20.8. The van der Waals surface area contributed by atoms with Gasteiger partial charge in [0.15, 0.2) is 0 Å². The molecule has 0 aliphatic carbocycles. The molecule has 1 fully saturated rings. The second-order valence-corrected chi connectivity index (χ2v) is 8.19. The lowest BCUT2D eigenvalue weighted by molar-refractivity contribution is -0.130. The standard InChI is InChI=1S/C21H20FN3O3S/c1-12(18(26)23-10-13-6-8-14(22)9-7-13)24-19(27)17-11-29-21-16-5-3-2-4-15(16)20(28)25(17)21/h2-9,12,17,21H,10-11H2,1H3,(H,23,26)(H,24,27). The van der Waals surface area contributed by atoms with E-state index in [1.54, 1.807) is 41.8 Å². The van der Waals surface area contributed by atoms with Crippen LogP contribution in [-0.2, 0) is 16.1 Å². The van der Waals surface area contributed by atoms with Gasteiger partial charge >= 0.3 is 0 Å². The van der Waals surface area contributed by atoms with Crippen molar-refractivity contribution in [3.8, 4) is 0 Å². The molecule has 0 aromatic heterocycles. The lowest BCUT2D eigenvalue weighted by atomic mass is 10.1. The molecule has 0 saturated carbocycles. The van der Waals surface area contributed by atoms with E-state index in [0.717, 1.165) is 11.1 Å². The number of nitrogens with one attached hydrogen (secondary N) is 2. The molecule has 8 heteroatoms. The number of carbonyl (C=O) groups is 3. The summed E-state index contributed by atoms with van der Waals surface area (Å²) >= 11 is 1.55. The Kier molecular flexibility index (Phi) is 5.27. The summed E-state index contributed by atoms with van der Waals surface area (Å²) in [7, 11) is 0. The Hall–Kier alpha value is -2.87. The van der Waals surface area contributed by atoms with E-state index >= 15 is 0 Å². The first-order valence-corrected chi connectivity index (χ1v) is 10.4. The molecule has 2 aromatic rings. The molecule has 1 saturated heterocycles. The number of hydrogen-bond donors (Lipinski definition) is 2. The molecule has 4 rings (SSSR count). The Labute approximate surface area is 171 Å². The molecule has 6 nitrogen and oxygen atoms in total. The summed E-state index contributed by atoms with van der Waals surface area (Å²) in [5.41, 5.74) is 2.32. The molecule has 150 valence electrons. The van der Waals surface area contributed by atoms with Crippen LogP contribution in [0.15, 0.2) is 48.5 Å². The molecule has 0 spiro atoms. The summed E-state index contributed by atoms with van der Waals surface area (Å²) in [6.07, 6.45) is 0. The van der Waals surface area contributed by atoms with Gasteiger partial charge in [0.2, 0.25) is 11.8 Å². The molecule has 2 heterocycles.